The van der Waals surface area contributed by atoms with Crippen LogP contribution in [-0.4, -0.2) is 23.3 Å². The molecule has 2 rings (SSSR count). The standard InChI is InChI=1S/C16H23NO3/c1-16(2,3)20-15(19)17-10-14(18)13-7-5-4-6-12(13)11-8-9-11/h4-7,11,14,18H,8-10H2,1-3H3,(H,17,19). The molecule has 0 saturated heterocycles. The first-order valence-electron chi connectivity index (χ1n) is 7.10. The molecular weight excluding hydrogens is 254 g/mol. The van der Waals surface area contributed by atoms with Gasteiger partial charge in [-0.3, -0.25) is 0 Å². The van der Waals surface area contributed by atoms with Crippen molar-refractivity contribution in [3.63, 3.8) is 0 Å². The second-order valence-corrected chi connectivity index (χ2v) is 6.30. The Balaban J connectivity index is 1.92. The van der Waals surface area contributed by atoms with Gasteiger partial charge >= 0.3 is 6.09 Å². The molecule has 0 radical (unpaired) electrons. The molecule has 20 heavy (non-hydrogen) atoms. The van der Waals surface area contributed by atoms with E-state index >= 15 is 0 Å². The Morgan fingerprint density at radius 3 is 2.65 bits per heavy atom. The molecule has 1 amide bonds. The Morgan fingerprint density at radius 2 is 2.05 bits per heavy atom. The van der Waals surface area contributed by atoms with Crippen LogP contribution in [0, 0.1) is 0 Å². The van der Waals surface area contributed by atoms with Gasteiger partial charge in [-0.15, -0.1) is 0 Å². The summed E-state index contributed by atoms with van der Waals surface area (Å²) in [6, 6.07) is 7.89. The molecular formula is C16H23NO3. The summed E-state index contributed by atoms with van der Waals surface area (Å²) in [4.78, 5) is 11.6. The van der Waals surface area contributed by atoms with Gasteiger partial charge in [0.25, 0.3) is 0 Å². The highest BCUT2D eigenvalue weighted by Gasteiger charge is 2.27. The lowest BCUT2D eigenvalue weighted by atomic mass is 9.99. The lowest BCUT2D eigenvalue weighted by molar-refractivity contribution is 0.0491. The molecule has 0 aromatic heterocycles. The highest BCUT2D eigenvalue weighted by molar-refractivity contribution is 5.67. The van der Waals surface area contributed by atoms with E-state index in [2.05, 4.69) is 11.4 Å². The Hall–Kier alpha value is -1.55. The molecule has 1 aliphatic carbocycles. The molecule has 0 heterocycles. The summed E-state index contributed by atoms with van der Waals surface area (Å²) < 4.78 is 5.15. The minimum atomic E-state index is -0.695. The van der Waals surface area contributed by atoms with Crippen LogP contribution in [0.25, 0.3) is 0 Å². The van der Waals surface area contributed by atoms with Crippen molar-refractivity contribution in [2.75, 3.05) is 6.54 Å². The number of ether oxygens (including phenoxy) is 1. The van der Waals surface area contributed by atoms with E-state index in [9.17, 15) is 9.90 Å². The Kier molecular flexibility index (Phi) is 4.33. The molecule has 4 nitrogen and oxygen atoms in total. The van der Waals surface area contributed by atoms with Crippen LogP contribution in [0.2, 0.25) is 0 Å². The Bertz CT molecular complexity index is 475. The number of aliphatic hydroxyl groups is 1. The molecule has 0 aliphatic heterocycles. The quantitative estimate of drug-likeness (QED) is 0.889. The zero-order chi connectivity index (χ0) is 14.8. The van der Waals surface area contributed by atoms with Gasteiger partial charge in [0, 0.05) is 0 Å². The van der Waals surface area contributed by atoms with Crippen LogP contribution in [0.4, 0.5) is 4.79 Å². The van der Waals surface area contributed by atoms with Crippen LogP contribution in [0.1, 0.15) is 56.8 Å². The first kappa shape index (κ1) is 14.9. The van der Waals surface area contributed by atoms with E-state index in [4.69, 9.17) is 4.74 Å². The van der Waals surface area contributed by atoms with Gasteiger partial charge in [0.15, 0.2) is 0 Å². The van der Waals surface area contributed by atoms with E-state index < -0.39 is 17.8 Å². The van der Waals surface area contributed by atoms with Crippen molar-refractivity contribution in [3.05, 3.63) is 35.4 Å². The van der Waals surface area contributed by atoms with Gasteiger partial charge in [0.2, 0.25) is 0 Å². The van der Waals surface area contributed by atoms with Crippen LogP contribution >= 0.6 is 0 Å². The van der Waals surface area contributed by atoms with Gasteiger partial charge in [-0.2, -0.15) is 0 Å². The van der Waals surface area contributed by atoms with Crippen LogP contribution in [-0.2, 0) is 4.74 Å². The van der Waals surface area contributed by atoms with Gasteiger partial charge < -0.3 is 15.2 Å². The fraction of sp³-hybridized carbons (Fsp3) is 0.562. The van der Waals surface area contributed by atoms with Crippen molar-refractivity contribution >= 4 is 6.09 Å². The summed E-state index contributed by atoms with van der Waals surface area (Å²) in [6.45, 7) is 5.60. The van der Waals surface area contributed by atoms with Crippen LogP contribution in [0.5, 0.6) is 0 Å². The third-order valence-corrected chi connectivity index (χ3v) is 3.21. The summed E-state index contributed by atoms with van der Waals surface area (Å²) in [7, 11) is 0. The molecule has 1 saturated carbocycles. The number of rotatable bonds is 4. The minimum Gasteiger partial charge on any atom is -0.444 e. The lowest BCUT2D eigenvalue weighted by Gasteiger charge is -2.21. The lowest BCUT2D eigenvalue weighted by Crippen LogP contribution is -2.34. The SMILES string of the molecule is CC(C)(C)OC(=O)NCC(O)c1ccccc1C1CC1. The van der Waals surface area contributed by atoms with Gasteiger partial charge in [0.05, 0.1) is 12.6 Å². The predicted octanol–water partition coefficient (Wildman–Crippen LogP) is 3.12. The number of alkyl carbamates (subject to hydrolysis) is 1. The molecule has 2 N–H and O–H groups in total. The summed E-state index contributed by atoms with van der Waals surface area (Å²) in [5.74, 6) is 0.572. The number of amides is 1. The monoisotopic (exact) mass is 277 g/mol. The van der Waals surface area contributed by atoms with Crippen LogP contribution in [0.15, 0.2) is 24.3 Å². The normalized spacial score (nSPS) is 16.6. The fourth-order valence-corrected chi connectivity index (χ4v) is 2.18. The fourth-order valence-electron chi connectivity index (χ4n) is 2.18. The number of hydrogen-bond acceptors (Lipinski definition) is 3. The van der Waals surface area contributed by atoms with E-state index in [1.54, 1.807) is 0 Å². The molecule has 1 unspecified atom stereocenters. The first-order valence-corrected chi connectivity index (χ1v) is 7.10. The summed E-state index contributed by atoms with van der Waals surface area (Å²) in [5, 5.41) is 12.9. The van der Waals surface area contributed by atoms with E-state index in [-0.39, 0.29) is 6.54 Å². The largest absolute Gasteiger partial charge is 0.444 e. The Morgan fingerprint density at radius 1 is 1.40 bits per heavy atom. The molecule has 1 aromatic carbocycles. The second kappa shape index (κ2) is 5.83. The van der Waals surface area contributed by atoms with E-state index in [0.717, 1.165) is 5.56 Å². The van der Waals surface area contributed by atoms with Crippen molar-refractivity contribution in [1.82, 2.24) is 5.32 Å². The summed E-state index contributed by atoms with van der Waals surface area (Å²) in [6.07, 6.45) is 1.17. The van der Waals surface area contributed by atoms with Crippen LogP contribution in [0.3, 0.4) is 0 Å². The number of nitrogens with one attached hydrogen (secondary N) is 1. The van der Waals surface area contributed by atoms with Gasteiger partial charge in [-0.25, -0.2) is 4.79 Å². The van der Waals surface area contributed by atoms with Gasteiger partial charge in [-0.05, 0) is 50.7 Å². The summed E-state index contributed by atoms with van der Waals surface area (Å²) >= 11 is 0. The topological polar surface area (TPSA) is 58.6 Å². The van der Waals surface area contributed by atoms with Crippen molar-refractivity contribution in [3.8, 4) is 0 Å². The molecule has 4 heteroatoms. The van der Waals surface area contributed by atoms with Crippen LogP contribution < -0.4 is 5.32 Å². The maximum absolute atomic E-state index is 11.6. The first-order chi connectivity index (χ1) is 9.37. The molecule has 1 aliphatic rings. The third-order valence-electron chi connectivity index (χ3n) is 3.21. The molecule has 1 aromatic rings. The number of benzene rings is 1. The Labute approximate surface area is 120 Å². The van der Waals surface area contributed by atoms with E-state index in [1.165, 1.54) is 18.4 Å². The zero-order valence-corrected chi connectivity index (χ0v) is 12.3. The highest BCUT2D eigenvalue weighted by atomic mass is 16.6. The summed E-state index contributed by atoms with van der Waals surface area (Å²) in [5.41, 5.74) is 1.58. The third kappa shape index (κ3) is 4.23. The molecule has 1 atom stereocenters. The predicted molar refractivity (Wildman–Crippen MR) is 77.6 cm³/mol. The number of carbonyl (C=O) groups excluding carboxylic acids is 1. The van der Waals surface area contributed by atoms with Gasteiger partial charge in [0.1, 0.15) is 5.60 Å². The highest BCUT2D eigenvalue weighted by Crippen LogP contribution is 2.42. The number of hydrogen-bond donors (Lipinski definition) is 2. The van der Waals surface area contributed by atoms with Gasteiger partial charge in [-0.1, -0.05) is 24.3 Å². The molecule has 1 fully saturated rings. The van der Waals surface area contributed by atoms with E-state index in [0.29, 0.717) is 5.92 Å². The van der Waals surface area contributed by atoms with E-state index in [1.807, 2.05) is 39.0 Å². The number of aliphatic hydroxyl groups excluding tert-OH is 1. The molecule has 0 bridgehead atoms. The van der Waals surface area contributed by atoms with Crippen molar-refractivity contribution in [2.24, 2.45) is 0 Å². The molecule has 110 valence electrons. The maximum atomic E-state index is 11.6. The number of carbonyl (C=O) groups is 1. The molecule has 0 spiro atoms. The smallest absolute Gasteiger partial charge is 0.407 e. The maximum Gasteiger partial charge on any atom is 0.407 e. The zero-order valence-electron chi connectivity index (χ0n) is 12.3. The van der Waals surface area contributed by atoms with Crippen molar-refractivity contribution < 1.29 is 14.6 Å². The van der Waals surface area contributed by atoms with Crippen molar-refractivity contribution in [1.29, 1.82) is 0 Å². The average Bonchev–Trinajstić information content (AvgIpc) is 3.18. The second-order valence-electron chi connectivity index (χ2n) is 6.30. The average molecular weight is 277 g/mol. The van der Waals surface area contributed by atoms with Crippen molar-refractivity contribution in [2.45, 2.75) is 51.2 Å². The minimum absolute atomic E-state index is 0.165.